The van der Waals surface area contributed by atoms with E-state index in [-0.39, 0.29) is 35.9 Å². The van der Waals surface area contributed by atoms with Gasteiger partial charge in [0.05, 0.1) is 17.4 Å². The van der Waals surface area contributed by atoms with Crippen LogP contribution in [0.5, 0.6) is 0 Å². The second-order valence-electron chi connectivity index (χ2n) is 9.23. The zero-order valence-electron chi connectivity index (χ0n) is 18.8. The SMILES string of the molecule is CNC(=O)CCC(=O)N1c2ccccc2NC2=C(C(=O)CC(C)(C)C2)[C@H]1c1ccccc1. The normalized spacial score (nSPS) is 19.4. The number of fused-ring (bicyclic) bond motifs is 1. The third-order valence-corrected chi connectivity index (χ3v) is 6.13. The van der Waals surface area contributed by atoms with Gasteiger partial charge in [-0.15, -0.1) is 0 Å². The summed E-state index contributed by atoms with van der Waals surface area (Å²) in [6, 6.07) is 16.7. The molecule has 1 aliphatic carbocycles. The van der Waals surface area contributed by atoms with Gasteiger partial charge in [0, 0.05) is 37.6 Å². The maximum atomic E-state index is 13.6. The predicted octanol–water partition coefficient (Wildman–Crippen LogP) is 4.36. The van der Waals surface area contributed by atoms with Gasteiger partial charge < -0.3 is 10.6 Å². The monoisotopic (exact) mass is 431 g/mol. The van der Waals surface area contributed by atoms with Gasteiger partial charge in [0.15, 0.2) is 5.78 Å². The minimum Gasteiger partial charge on any atom is -0.359 e. The smallest absolute Gasteiger partial charge is 0.228 e. The van der Waals surface area contributed by atoms with Crippen molar-refractivity contribution in [3.05, 3.63) is 71.4 Å². The third kappa shape index (κ3) is 4.17. The van der Waals surface area contributed by atoms with E-state index >= 15 is 0 Å². The van der Waals surface area contributed by atoms with Gasteiger partial charge >= 0.3 is 0 Å². The topological polar surface area (TPSA) is 78.5 Å². The lowest BCUT2D eigenvalue weighted by Gasteiger charge is -2.37. The summed E-state index contributed by atoms with van der Waals surface area (Å²) < 4.78 is 0. The van der Waals surface area contributed by atoms with Gasteiger partial charge in [-0.05, 0) is 29.5 Å². The predicted molar refractivity (Wildman–Crippen MR) is 125 cm³/mol. The largest absolute Gasteiger partial charge is 0.359 e. The lowest BCUT2D eigenvalue weighted by molar-refractivity contribution is -0.125. The molecule has 1 aliphatic heterocycles. The van der Waals surface area contributed by atoms with Gasteiger partial charge in [-0.2, -0.15) is 0 Å². The van der Waals surface area contributed by atoms with Crippen LogP contribution < -0.4 is 15.5 Å². The van der Waals surface area contributed by atoms with Gasteiger partial charge in [-0.25, -0.2) is 0 Å². The van der Waals surface area contributed by atoms with E-state index in [0.717, 1.165) is 16.9 Å². The molecule has 2 N–H and O–H groups in total. The van der Waals surface area contributed by atoms with Crippen molar-refractivity contribution in [2.24, 2.45) is 5.41 Å². The van der Waals surface area contributed by atoms with E-state index in [1.807, 2.05) is 54.6 Å². The Morgan fingerprint density at radius 3 is 2.44 bits per heavy atom. The van der Waals surface area contributed by atoms with E-state index in [1.165, 1.54) is 0 Å². The van der Waals surface area contributed by atoms with E-state index in [9.17, 15) is 14.4 Å². The molecule has 6 nitrogen and oxygen atoms in total. The van der Waals surface area contributed by atoms with E-state index in [1.54, 1.807) is 11.9 Å². The molecule has 4 rings (SSSR count). The molecule has 0 aromatic heterocycles. The van der Waals surface area contributed by atoms with Crippen LogP contribution in [0.3, 0.4) is 0 Å². The van der Waals surface area contributed by atoms with Gasteiger partial charge in [0.1, 0.15) is 0 Å². The van der Waals surface area contributed by atoms with E-state index in [0.29, 0.717) is 24.1 Å². The fraction of sp³-hybridized carbons (Fsp3) is 0.346. The molecule has 32 heavy (non-hydrogen) atoms. The van der Waals surface area contributed by atoms with Gasteiger partial charge in [0.2, 0.25) is 11.8 Å². The van der Waals surface area contributed by atoms with Crippen LogP contribution in [0, 0.1) is 5.41 Å². The van der Waals surface area contributed by atoms with Crippen molar-refractivity contribution in [3.8, 4) is 0 Å². The Morgan fingerprint density at radius 1 is 1.03 bits per heavy atom. The Bertz CT molecular complexity index is 1090. The van der Waals surface area contributed by atoms with Crippen molar-refractivity contribution in [1.29, 1.82) is 0 Å². The summed E-state index contributed by atoms with van der Waals surface area (Å²) >= 11 is 0. The number of benzene rings is 2. The highest BCUT2D eigenvalue weighted by Crippen LogP contribution is 2.48. The number of nitrogens with zero attached hydrogens (tertiary/aromatic N) is 1. The van der Waals surface area contributed by atoms with Crippen LogP contribution in [0.25, 0.3) is 0 Å². The van der Waals surface area contributed by atoms with E-state index in [4.69, 9.17) is 0 Å². The summed E-state index contributed by atoms with van der Waals surface area (Å²) in [4.78, 5) is 40.7. The Kier molecular flexibility index (Phi) is 5.87. The molecule has 2 amide bonds. The fourth-order valence-electron chi connectivity index (χ4n) is 4.68. The molecule has 1 atom stereocenters. The average molecular weight is 432 g/mol. The van der Waals surface area contributed by atoms with Gasteiger partial charge in [-0.1, -0.05) is 56.3 Å². The molecular weight excluding hydrogens is 402 g/mol. The number of nitrogens with one attached hydrogen (secondary N) is 2. The number of ketones is 1. The number of hydrogen-bond donors (Lipinski definition) is 2. The van der Waals surface area contributed by atoms with Crippen LogP contribution in [0.2, 0.25) is 0 Å². The van der Waals surface area contributed by atoms with Crippen molar-refractivity contribution in [3.63, 3.8) is 0 Å². The number of amides is 2. The zero-order chi connectivity index (χ0) is 22.9. The Hall–Kier alpha value is -3.41. The first-order valence-electron chi connectivity index (χ1n) is 11.0. The minimum absolute atomic E-state index is 0.0505. The number of carbonyl (C=O) groups excluding carboxylic acids is 3. The molecule has 6 heteroatoms. The lowest BCUT2D eigenvalue weighted by Crippen LogP contribution is -2.39. The Morgan fingerprint density at radius 2 is 1.72 bits per heavy atom. The zero-order valence-corrected chi connectivity index (χ0v) is 18.8. The van der Waals surface area contributed by atoms with Crippen molar-refractivity contribution < 1.29 is 14.4 Å². The van der Waals surface area contributed by atoms with Crippen LogP contribution in [0.1, 0.15) is 51.1 Å². The van der Waals surface area contributed by atoms with Crippen LogP contribution >= 0.6 is 0 Å². The quantitative estimate of drug-likeness (QED) is 0.754. The summed E-state index contributed by atoms with van der Waals surface area (Å²) in [6.07, 6.45) is 1.29. The van der Waals surface area contributed by atoms with E-state index < -0.39 is 6.04 Å². The second kappa shape index (κ2) is 8.61. The first-order chi connectivity index (χ1) is 15.3. The highest BCUT2D eigenvalue weighted by molar-refractivity contribution is 6.06. The molecule has 0 fully saturated rings. The van der Waals surface area contributed by atoms with Crippen molar-refractivity contribution in [2.75, 3.05) is 17.3 Å². The number of allylic oxidation sites excluding steroid dienone is 1. The molecular formula is C26H29N3O3. The van der Waals surface area contributed by atoms with Gasteiger partial charge in [-0.3, -0.25) is 19.3 Å². The highest BCUT2D eigenvalue weighted by Gasteiger charge is 2.43. The van der Waals surface area contributed by atoms with Gasteiger partial charge in [0.25, 0.3) is 0 Å². The standard InChI is InChI=1S/C26H29N3O3/c1-26(2)15-19-24(21(30)16-26)25(17-9-5-4-6-10-17)29(23(32)14-13-22(31)27-3)20-12-8-7-11-18(20)28-19/h4-12,25,28H,13-16H2,1-3H3,(H,27,31)/t25-/m1/s1. The fourth-order valence-corrected chi connectivity index (χ4v) is 4.68. The molecule has 166 valence electrons. The van der Waals surface area contributed by atoms with Crippen molar-refractivity contribution in [1.82, 2.24) is 5.32 Å². The average Bonchev–Trinajstić information content (AvgIpc) is 2.91. The first kappa shape index (κ1) is 21.8. The molecule has 2 aromatic rings. The maximum absolute atomic E-state index is 13.6. The number of carbonyl (C=O) groups is 3. The second-order valence-corrected chi connectivity index (χ2v) is 9.23. The first-order valence-corrected chi connectivity index (χ1v) is 11.0. The van der Waals surface area contributed by atoms with E-state index in [2.05, 4.69) is 24.5 Å². The maximum Gasteiger partial charge on any atom is 0.228 e. The van der Waals surface area contributed by atoms with Crippen LogP contribution in [-0.4, -0.2) is 24.6 Å². The third-order valence-electron chi connectivity index (χ3n) is 6.13. The highest BCUT2D eigenvalue weighted by atomic mass is 16.2. The molecule has 0 bridgehead atoms. The molecule has 0 unspecified atom stereocenters. The molecule has 0 radical (unpaired) electrons. The molecule has 2 aliphatic rings. The number of rotatable bonds is 4. The molecule has 0 saturated carbocycles. The molecule has 0 spiro atoms. The van der Waals surface area contributed by atoms with Crippen LogP contribution in [0.15, 0.2) is 65.9 Å². The lowest BCUT2D eigenvalue weighted by atomic mass is 9.73. The Balaban J connectivity index is 1.91. The van der Waals surface area contributed by atoms with Crippen LogP contribution in [0.4, 0.5) is 11.4 Å². The Labute approximate surface area is 188 Å². The summed E-state index contributed by atoms with van der Waals surface area (Å²) in [6.45, 7) is 4.19. The number of Topliss-reactive ketones (excluding diaryl/α,β-unsaturated/α-hetero) is 1. The van der Waals surface area contributed by atoms with Crippen molar-refractivity contribution >= 4 is 29.0 Å². The number of anilines is 2. The number of para-hydroxylation sites is 2. The summed E-state index contributed by atoms with van der Waals surface area (Å²) in [5.41, 5.74) is 3.71. The molecule has 1 heterocycles. The summed E-state index contributed by atoms with van der Waals surface area (Å²) in [7, 11) is 1.56. The van der Waals surface area contributed by atoms with Crippen molar-refractivity contribution in [2.45, 2.75) is 45.6 Å². The number of hydrogen-bond acceptors (Lipinski definition) is 4. The molecule has 0 saturated heterocycles. The minimum atomic E-state index is -0.553. The summed E-state index contributed by atoms with van der Waals surface area (Å²) in [5, 5.41) is 6.07. The summed E-state index contributed by atoms with van der Waals surface area (Å²) in [5.74, 6) is -0.330. The van der Waals surface area contributed by atoms with Crippen LogP contribution in [-0.2, 0) is 14.4 Å². The molecule has 2 aromatic carbocycles.